The van der Waals surface area contributed by atoms with Gasteiger partial charge >= 0.3 is 11.9 Å². The molecule has 1 rings (SSSR count). The number of methoxy groups -OCH3 is 2. The van der Waals surface area contributed by atoms with Gasteiger partial charge in [-0.1, -0.05) is 0 Å². The van der Waals surface area contributed by atoms with Crippen molar-refractivity contribution in [2.24, 2.45) is 0 Å². The van der Waals surface area contributed by atoms with Crippen molar-refractivity contribution in [3.63, 3.8) is 0 Å². The number of ether oxygens (including phenoxy) is 2. The quantitative estimate of drug-likeness (QED) is 0.272. The molecule has 7 heteroatoms. The summed E-state index contributed by atoms with van der Waals surface area (Å²) in [4.78, 5) is 22.6. The smallest absolute Gasteiger partial charge is 0.346 e. The van der Waals surface area contributed by atoms with Crippen LogP contribution in [0.4, 0.5) is 10.1 Å². The lowest BCUT2D eigenvalue weighted by molar-refractivity contribution is -0.144. The maximum absolute atomic E-state index is 12.7. The van der Waals surface area contributed by atoms with Crippen molar-refractivity contribution >= 4 is 17.6 Å². The molecule has 6 nitrogen and oxygen atoms in total. The third-order valence-corrected chi connectivity index (χ3v) is 2.09. The van der Waals surface area contributed by atoms with Gasteiger partial charge in [0.2, 0.25) is 0 Å². The SMILES string of the molecule is COC(=O)C(=CNNc1ccc(F)cc1)C(=O)OC. The zero-order valence-corrected chi connectivity index (χ0v) is 10.4. The highest BCUT2D eigenvalue weighted by atomic mass is 19.1. The minimum absolute atomic E-state index is 0.306. The normalized spacial score (nSPS) is 9.21. The lowest BCUT2D eigenvalue weighted by Crippen LogP contribution is -2.22. The van der Waals surface area contributed by atoms with Crippen LogP contribution in [0.15, 0.2) is 36.0 Å². The molecule has 0 aromatic heterocycles. The fourth-order valence-electron chi connectivity index (χ4n) is 1.15. The average Bonchev–Trinajstić information content (AvgIpc) is 2.44. The van der Waals surface area contributed by atoms with E-state index in [-0.39, 0.29) is 11.4 Å². The Hall–Kier alpha value is -2.57. The third kappa shape index (κ3) is 4.30. The van der Waals surface area contributed by atoms with E-state index in [1.54, 1.807) is 0 Å². The molecule has 2 N–H and O–H groups in total. The van der Waals surface area contributed by atoms with Crippen LogP contribution in [0.5, 0.6) is 0 Å². The first-order valence-corrected chi connectivity index (χ1v) is 5.22. The molecule has 102 valence electrons. The molecule has 0 aliphatic carbocycles. The van der Waals surface area contributed by atoms with Crippen molar-refractivity contribution in [1.82, 2.24) is 5.43 Å². The number of hydrazine groups is 1. The summed E-state index contributed by atoms with van der Waals surface area (Å²) in [5, 5.41) is 0. The third-order valence-electron chi connectivity index (χ3n) is 2.09. The van der Waals surface area contributed by atoms with Crippen LogP contribution in [0.1, 0.15) is 0 Å². The first-order chi connectivity index (χ1) is 9.08. The van der Waals surface area contributed by atoms with Crippen molar-refractivity contribution in [2.45, 2.75) is 0 Å². The second-order valence-electron chi connectivity index (χ2n) is 3.32. The van der Waals surface area contributed by atoms with E-state index in [0.29, 0.717) is 5.69 Å². The molecule has 0 aliphatic heterocycles. The van der Waals surface area contributed by atoms with E-state index in [9.17, 15) is 14.0 Å². The predicted octanol–water partition coefficient (Wildman–Crippen LogP) is 0.972. The Kier molecular flexibility index (Phi) is 5.34. The highest BCUT2D eigenvalue weighted by molar-refractivity contribution is 6.13. The Morgan fingerprint density at radius 3 is 2.11 bits per heavy atom. The zero-order valence-electron chi connectivity index (χ0n) is 10.4. The molecule has 0 radical (unpaired) electrons. The molecule has 1 aromatic carbocycles. The van der Waals surface area contributed by atoms with Crippen LogP contribution in [-0.4, -0.2) is 26.2 Å². The summed E-state index contributed by atoms with van der Waals surface area (Å²) in [7, 11) is 2.29. The summed E-state index contributed by atoms with van der Waals surface area (Å²) < 4.78 is 21.5. The van der Waals surface area contributed by atoms with E-state index in [1.807, 2.05) is 0 Å². The maximum Gasteiger partial charge on any atom is 0.346 e. The number of anilines is 1. The van der Waals surface area contributed by atoms with Gasteiger partial charge in [-0.05, 0) is 24.3 Å². The largest absolute Gasteiger partial charge is 0.465 e. The van der Waals surface area contributed by atoms with Crippen LogP contribution in [0, 0.1) is 5.82 Å². The lowest BCUT2D eigenvalue weighted by Gasteiger charge is -2.07. The van der Waals surface area contributed by atoms with E-state index >= 15 is 0 Å². The summed E-state index contributed by atoms with van der Waals surface area (Å²) >= 11 is 0. The van der Waals surface area contributed by atoms with Crippen LogP contribution < -0.4 is 10.9 Å². The number of benzene rings is 1. The molecule has 0 spiro atoms. The standard InChI is InChI=1S/C12H13FN2O4/c1-18-11(16)10(12(17)19-2)7-14-15-9-5-3-8(13)4-6-9/h3-7,14-15H,1-2H3. The summed E-state index contributed by atoms with van der Waals surface area (Å²) in [6.07, 6.45) is 1.10. The van der Waals surface area contributed by atoms with E-state index in [2.05, 4.69) is 20.3 Å². The van der Waals surface area contributed by atoms with Crippen LogP contribution in [0.25, 0.3) is 0 Å². The number of hydrogen-bond donors (Lipinski definition) is 2. The van der Waals surface area contributed by atoms with Gasteiger partial charge in [-0.15, -0.1) is 0 Å². The minimum atomic E-state index is -0.833. The van der Waals surface area contributed by atoms with Gasteiger partial charge in [0.1, 0.15) is 5.82 Å². The lowest BCUT2D eigenvalue weighted by atomic mass is 10.3. The van der Waals surface area contributed by atoms with Crippen LogP contribution in [-0.2, 0) is 19.1 Å². The summed E-state index contributed by atoms with van der Waals surface area (Å²) in [5.41, 5.74) is 5.41. The Morgan fingerprint density at radius 2 is 1.63 bits per heavy atom. The van der Waals surface area contributed by atoms with Crippen molar-refractivity contribution in [3.05, 3.63) is 41.9 Å². The number of esters is 2. The maximum atomic E-state index is 12.7. The molecule has 0 saturated heterocycles. The van der Waals surface area contributed by atoms with Gasteiger partial charge in [0.05, 0.1) is 19.9 Å². The number of nitrogens with one attached hydrogen (secondary N) is 2. The van der Waals surface area contributed by atoms with Crippen LogP contribution >= 0.6 is 0 Å². The molecule has 0 saturated carbocycles. The second-order valence-corrected chi connectivity index (χ2v) is 3.32. The molecule has 0 heterocycles. The van der Waals surface area contributed by atoms with E-state index in [1.165, 1.54) is 24.3 Å². The van der Waals surface area contributed by atoms with Gasteiger partial charge in [0.25, 0.3) is 0 Å². The molecular formula is C12H13FN2O4. The molecule has 0 unspecified atom stereocenters. The average molecular weight is 268 g/mol. The van der Waals surface area contributed by atoms with Gasteiger partial charge in [-0.25, -0.2) is 14.0 Å². The Balaban J connectivity index is 2.68. The summed E-state index contributed by atoms with van der Waals surface area (Å²) in [6.45, 7) is 0. The van der Waals surface area contributed by atoms with Crippen molar-refractivity contribution < 1.29 is 23.5 Å². The topological polar surface area (TPSA) is 76.7 Å². The predicted molar refractivity (Wildman–Crippen MR) is 65.3 cm³/mol. The Labute approximate surface area is 109 Å². The highest BCUT2D eigenvalue weighted by Crippen LogP contribution is 2.07. The van der Waals surface area contributed by atoms with E-state index < -0.39 is 11.9 Å². The molecule has 0 bridgehead atoms. The van der Waals surface area contributed by atoms with Gasteiger partial charge in [-0.3, -0.25) is 0 Å². The summed E-state index contributed by atoms with van der Waals surface area (Å²) in [6, 6.07) is 5.47. The van der Waals surface area contributed by atoms with Gasteiger partial charge in [-0.2, -0.15) is 0 Å². The van der Waals surface area contributed by atoms with Gasteiger partial charge < -0.3 is 20.3 Å². The molecule has 0 amide bonds. The van der Waals surface area contributed by atoms with Crippen LogP contribution in [0.2, 0.25) is 0 Å². The van der Waals surface area contributed by atoms with Crippen molar-refractivity contribution in [3.8, 4) is 0 Å². The summed E-state index contributed by atoms with van der Waals surface area (Å²) in [5.74, 6) is -2.04. The van der Waals surface area contributed by atoms with Gasteiger partial charge in [0.15, 0.2) is 5.57 Å². The first-order valence-electron chi connectivity index (χ1n) is 5.22. The van der Waals surface area contributed by atoms with Crippen LogP contribution in [0.3, 0.4) is 0 Å². The van der Waals surface area contributed by atoms with Crippen molar-refractivity contribution in [2.75, 3.05) is 19.6 Å². The first kappa shape index (κ1) is 14.5. The number of carbonyl (C=O) groups is 2. The fourth-order valence-corrected chi connectivity index (χ4v) is 1.15. The number of halogens is 1. The zero-order chi connectivity index (χ0) is 14.3. The van der Waals surface area contributed by atoms with Gasteiger partial charge in [0, 0.05) is 6.20 Å². The monoisotopic (exact) mass is 268 g/mol. The second kappa shape index (κ2) is 7.00. The molecule has 0 fully saturated rings. The highest BCUT2D eigenvalue weighted by Gasteiger charge is 2.19. The fraction of sp³-hybridized carbons (Fsp3) is 0.167. The number of hydrogen-bond acceptors (Lipinski definition) is 6. The molecule has 19 heavy (non-hydrogen) atoms. The molecular weight excluding hydrogens is 255 g/mol. The molecule has 1 aromatic rings. The van der Waals surface area contributed by atoms with Crippen molar-refractivity contribution in [1.29, 1.82) is 0 Å². The number of carbonyl (C=O) groups excluding carboxylic acids is 2. The van der Waals surface area contributed by atoms with E-state index in [4.69, 9.17) is 0 Å². The molecule has 0 atom stereocenters. The number of rotatable bonds is 5. The Morgan fingerprint density at radius 1 is 1.11 bits per heavy atom. The Bertz CT molecular complexity index is 467. The molecule has 0 aliphatic rings. The van der Waals surface area contributed by atoms with E-state index in [0.717, 1.165) is 20.4 Å². The minimum Gasteiger partial charge on any atom is -0.465 e.